The van der Waals surface area contributed by atoms with E-state index in [2.05, 4.69) is 21.2 Å². The van der Waals surface area contributed by atoms with Crippen LogP contribution in [0.4, 0.5) is 5.69 Å². The molecule has 1 aromatic rings. The quantitative estimate of drug-likeness (QED) is 0.832. The van der Waals surface area contributed by atoms with Crippen LogP contribution >= 0.6 is 15.9 Å². The molecule has 0 heterocycles. The van der Waals surface area contributed by atoms with Crippen molar-refractivity contribution in [1.29, 1.82) is 0 Å². The summed E-state index contributed by atoms with van der Waals surface area (Å²) in [6.07, 6.45) is 4.52. The number of hydrogen-bond acceptors (Lipinski definition) is 3. The Balaban J connectivity index is 2.17. The lowest BCUT2D eigenvalue weighted by Crippen LogP contribution is -2.46. The number of ether oxygens (including phenoxy) is 1. The second kappa shape index (κ2) is 5.95. The zero-order chi connectivity index (χ0) is 13.9. The molecule has 0 spiro atoms. The Morgan fingerprint density at radius 3 is 2.68 bits per heavy atom. The van der Waals surface area contributed by atoms with E-state index in [4.69, 9.17) is 4.74 Å². The monoisotopic (exact) mass is 325 g/mol. The molecule has 0 radical (unpaired) electrons. The van der Waals surface area contributed by atoms with Crippen LogP contribution in [0.15, 0.2) is 28.7 Å². The molecule has 0 amide bonds. The number of anilines is 1. The SMILES string of the molecule is COC(=O)C(C)(CC1CCC1)Nc1ccccc1Br. The number of carbonyl (C=O) groups is 1. The van der Waals surface area contributed by atoms with Crippen molar-refractivity contribution in [3.8, 4) is 0 Å². The fraction of sp³-hybridized carbons (Fsp3) is 0.533. The largest absolute Gasteiger partial charge is 0.467 e. The highest BCUT2D eigenvalue weighted by atomic mass is 79.9. The highest BCUT2D eigenvalue weighted by Gasteiger charge is 2.38. The fourth-order valence-corrected chi connectivity index (χ4v) is 2.93. The van der Waals surface area contributed by atoms with Crippen molar-refractivity contribution >= 4 is 27.6 Å². The maximum absolute atomic E-state index is 12.1. The van der Waals surface area contributed by atoms with Crippen LogP contribution in [0.1, 0.15) is 32.6 Å². The maximum Gasteiger partial charge on any atom is 0.331 e. The highest BCUT2D eigenvalue weighted by molar-refractivity contribution is 9.10. The molecule has 1 atom stereocenters. The Morgan fingerprint density at radius 1 is 1.47 bits per heavy atom. The van der Waals surface area contributed by atoms with Gasteiger partial charge >= 0.3 is 5.97 Å². The third kappa shape index (κ3) is 3.30. The number of para-hydroxylation sites is 1. The van der Waals surface area contributed by atoms with E-state index in [-0.39, 0.29) is 5.97 Å². The van der Waals surface area contributed by atoms with Crippen LogP contribution in [0.5, 0.6) is 0 Å². The first-order valence-electron chi connectivity index (χ1n) is 6.66. The first kappa shape index (κ1) is 14.4. The van der Waals surface area contributed by atoms with Crippen molar-refractivity contribution in [2.24, 2.45) is 5.92 Å². The lowest BCUT2D eigenvalue weighted by atomic mass is 9.76. The van der Waals surface area contributed by atoms with Gasteiger partial charge in [-0.05, 0) is 47.3 Å². The smallest absolute Gasteiger partial charge is 0.331 e. The summed E-state index contributed by atoms with van der Waals surface area (Å²) in [5.74, 6) is 0.425. The molecule has 0 aliphatic heterocycles. The van der Waals surface area contributed by atoms with Gasteiger partial charge in [0.15, 0.2) is 0 Å². The molecule has 19 heavy (non-hydrogen) atoms. The molecule has 1 saturated carbocycles. The van der Waals surface area contributed by atoms with Crippen LogP contribution < -0.4 is 5.32 Å². The van der Waals surface area contributed by atoms with Crippen molar-refractivity contribution in [2.75, 3.05) is 12.4 Å². The average molecular weight is 326 g/mol. The van der Waals surface area contributed by atoms with E-state index in [1.807, 2.05) is 31.2 Å². The average Bonchev–Trinajstić information content (AvgIpc) is 2.36. The van der Waals surface area contributed by atoms with E-state index in [0.717, 1.165) is 16.6 Å². The van der Waals surface area contributed by atoms with E-state index in [0.29, 0.717) is 5.92 Å². The van der Waals surface area contributed by atoms with Crippen molar-refractivity contribution in [3.63, 3.8) is 0 Å². The molecule has 1 N–H and O–H groups in total. The van der Waals surface area contributed by atoms with E-state index >= 15 is 0 Å². The zero-order valence-electron chi connectivity index (χ0n) is 11.4. The van der Waals surface area contributed by atoms with E-state index in [1.54, 1.807) is 0 Å². The molecule has 0 aromatic heterocycles. The minimum absolute atomic E-state index is 0.199. The van der Waals surface area contributed by atoms with Gasteiger partial charge in [0.25, 0.3) is 0 Å². The van der Waals surface area contributed by atoms with Crippen molar-refractivity contribution < 1.29 is 9.53 Å². The number of halogens is 1. The Kier molecular flexibility index (Phi) is 4.50. The summed E-state index contributed by atoms with van der Waals surface area (Å²) >= 11 is 3.50. The van der Waals surface area contributed by atoms with Crippen LogP contribution in [-0.2, 0) is 9.53 Å². The Labute approximate surface area is 122 Å². The van der Waals surface area contributed by atoms with E-state index in [1.165, 1.54) is 26.4 Å². The van der Waals surface area contributed by atoms with Gasteiger partial charge in [-0.1, -0.05) is 31.4 Å². The van der Waals surface area contributed by atoms with Gasteiger partial charge in [-0.15, -0.1) is 0 Å². The molecular weight excluding hydrogens is 306 g/mol. The number of esters is 1. The number of carbonyl (C=O) groups excluding carboxylic acids is 1. The first-order valence-corrected chi connectivity index (χ1v) is 7.45. The minimum Gasteiger partial charge on any atom is -0.467 e. The predicted octanol–water partition coefficient (Wildman–Crippen LogP) is 3.98. The molecule has 1 aliphatic rings. The summed E-state index contributed by atoms with van der Waals surface area (Å²) in [6.45, 7) is 1.93. The molecule has 1 aromatic carbocycles. The minimum atomic E-state index is -0.663. The molecule has 4 heteroatoms. The number of nitrogens with one attached hydrogen (secondary N) is 1. The number of hydrogen-bond donors (Lipinski definition) is 1. The summed E-state index contributed by atoms with van der Waals surface area (Å²) in [7, 11) is 1.45. The van der Waals surface area contributed by atoms with Gasteiger partial charge in [0, 0.05) is 10.2 Å². The fourth-order valence-electron chi connectivity index (χ4n) is 2.54. The molecule has 0 bridgehead atoms. The van der Waals surface area contributed by atoms with Crippen molar-refractivity contribution in [1.82, 2.24) is 0 Å². The Bertz CT molecular complexity index is 459. The molecule has 1 unspecified atom stereocenters. The second-order valence-corrected chi connectivity index (χ2v) is 6.28. The van der Waals surface area contributed by atoms with Gasteiger partial charge in [0.05, 0.1) is 7.11 Å². The number of rotatable bonds is 5. The maximum atomic E-state index is 12.1. The molecule has 2 rings (SSSR count). The van der Waals surface area contributed by atoms with Gasteiger partial charge in [-0.2, -0.15) is 0 Å². The van der Waals surface area contributed by atoms with Crippen LogP contribution in [-0.4, -0.2) is 18.6 Å². The number of methoxy groups -OCH3 is 1. The summed E-state index contributed by atoms with van der Waals surface area (Å²) in [5.41, 5.74) is 0.263. The van der Waals surface area contributed by atoms with Crippen molar-refractivity contribution in [2.45, 2.75) is 38.1 Å². The Hall–Kier alpha value is -1.03. The van der Waals surface area contributed by atoms with Crippen LogP contribution in [0.25, 0.3) is 0 Å². The lowest BCUT2D eigenvalue weighted by Gasteiger charge is -2.36. The van der Waals surface area contributed by atoms with Crippen LogP contribution in [0, 0.1) is 5.92 Å². The third-order valence-electron chi connectivity index (χ3n) is 3.84. The van der Waals surface area contributed by atoms with Gasteiger partial charge in [0.1, 0.15) is 5.54 Å². The summed E-state index contributed by atoms with van der Waals surface area (Å²) < 4.78 is 5.94. The molecule has 3 nitrogen and oxygen atoms in total. The first-order chi connectivity index (χ1) is 9.05. The molecule has 1 fully saturated rings. The van der Waals surface area contributed by atoms with E-state index in [9.17, 15) is 4.79 Å². The predicted molar refractivity (Wildman–Crippen MR) is 80.1 cm³/mol. The second-order valence-electron chi connectivity index (χ2n) is 5.43. The summed E-state index contributed by atoms with van der Waals surface area (Å²) in [4.78, 5) is 12.1. The summed E-state index contributed by atoms with van der Waals surface area (Å²) in [6, 6.07) is 7.83. The van der Waals surface area contributed by atoms with Crippen LogP contribution in [0.2, 0.25) is 0 Å². The topological polar surface area (TPSA) is 38.3 Å². The Morgan fingerprint density at radius 2 is 2.16 bits per heavy atom. The van der Waals surface area contributed by atoms with Gasteiger partial charge in [0.2, 0.25) is 0 Å². The highest BCUT2D eigenvalue weighted by Crippen LogP contribution is 2.36. The summed E-state index contributed by atoms with van der Waals surface area (Å²) in [5, 5.41) is 3.35. The lowest BCUT2D eigenvalue weighted by molar-refractivity contribution is -0.146. The van der Waals surface area contributed by atoms with Gasteiger partial charge in [-0.3, -0.25) is 0 Å². The molecule has 104 valence electrons. The van der Waals surface area contributed by atoms with E-state index < -0.39 is 5.54 Å². The van der Waals surface area contributed by atoms with Crippen LogP contribution in [0.3, 0.4) is 0 Å². The normalized spacial score (nSPS) is 18.3. The third-order valence-corrected chi connectivity index (χ3v) is 4.53. The zero-order valence-corrected chi connectivity index (χ0v) is 13.0. The number of benzene rings is 1. The molecular formula is C15H20BrNO2. The van der Waals surface area contributed by atoms with Crippen molar-refractivity contribution in [3.05, 3.63) is 28.7 Å². The molecule has 1 aliphatic carbocycles. The van der Waals surface area contributed by atoms with Gasteiger partial charge in [-0.25, -0.2) is 4.79 Å². The van der Waals surface area contributed by atoms with Gasteiger partial charge < -0.3 is 10.1 Å². The molecule has 0 saturated heterocycles. The standard InChI is InChI=1S/C15H20BrNO2/c1-15(14(18)19-2,10-11-6-5-7-11)17-13-9-4-3-8-12(13)16/h3-4,8-9,11,17H,5-7,10H2,1-2H3.